The van der Waals surface area contributed by atoms with Gasteiger partial charge in [0, 0.05) is 41.8 Å². The SMILES string of the molecule is BrCCN(Cc1ccccc1)Cc1cncc(Br)c1. The smallest absolute Gasteiger partial charge is 0.0410 e. The van der Waals surface area contributed by atoms with E-state index in [4.69, 9.17) is 0 Å². The Balaban J connectivity index is 2.04. The third kappa shape index (κ3) is 5.05. The van der Waals surface area contributed by atoms with Gasteiger partial charge in [-0.2, -0.15) is 0 Å². The molecule has 19 heavy (non-hydrogen) atoms. The fourth-order valence-electron chi connectivity index (χ4n) is 1.98. The predicted molar refractivity (Wildman–Crippen MR) is 86.3 cm³/mol. The normalized spacial score (nSPS) is 10.9. The molecule has 0 amide bonds. The summed E-state index contributed by atoms with van der Waals surface area (Å²) in [5.74, 6) is 0. The first kappa shape index (κ1) is 14.7. The molecular formula is C15H16Br2N2. The fourth-order valence-corrected chi connectivity index (χ4v) is 2.89. The molecule has 0 atom stereocenters. The molecule has 1 aromatic heterocycles. The predicted octanol–water partition coefficient (Wildman–Crippen LogP) is 4.24. The summed E-state index contributed by atoms with van der Waals surface area (Å²) in [6.07, 6.45) is 3.74. The van der Waals surface area contributed by atoms with E-state index in [9.17, 15) is 0 Å². The minimum Gasteiger partial charge on any atom is -0.294 e. The highest BCUT2D eigenvalue weighted by Gasteiger charge is 2.07. The van der Waals surface area contributed by atoms with Gasteiger partial charge >= 0.3 is 0 Å². The number of halogens is 2. The van der Waals surface area contributed by atoms with Gasteiger partial charge < -0.3 is 0 Å². The zero-order valence-electron chi connectivity index (χ0n) is 10.6. The average molecular weight is 384 g/mol. The zero-order valence-corrected chi connectivity index (χ0v) is 13.8. The molecule has 0 saturated carbocycles. The Morgan fingerprint density at radius 3 is 2.42 bits per heavy atom. The minimum absolute atomic E-state index is 0.910. The van der Waals surface area contributed by atoms with Gasteiger partial charge in [-0.1, -0.05) is 46.3 Å². The highest BCUT2D eigenvalue weighted by atomic mass is 79.9. The van der Waals surface area contributed by atoms with Gasteiger partial charge in [0.1, 0.15) is 0 Å². The Labute approximate surface area is 131 Å². The van der Waals surface area contributed by atoms with Gasteiger partial charge in [-0.3, -0.25) is 9.88 Å². The van der Waals surface area contributed by atoms with Crippen molar-refractivity contribution in [1.29, 1.82) is 0 Å². The fraction of sp³-hybridized carbons (Fsp3) is 0.267. The molecule has 0 radical (unpaired) electrons. The highest BCUT2D eigenvalue weighted by molar-refractivity contribution is 9.10. The van der Waals surface area contributed by atoms with Gasteiger partial charge in [0.05, 0.1) is 0 Å². The van der Waals surface area contributed by atoms with Crippen LogP contribution in [0.3, 0.4) is 0 Å². The Hall–Kier alpha value is -0.710. The molecule has 0 unspecified atom stereocenters. The molecule has 0 aliphatic carbocycles. The van der Waals surface area contributed by atoms with Gasteiger partial charge in [-0.05, 0) is 33.1 Å². The van der Waals surface area contributed by atoms with Gasteiger partial charge in [0.25, 0.3) is 0 Å². The van der Waals surface area contributed by atoms with Crippen molar-refractivity contribution in [1.82, 2.24) is 9.88 Å². The summed E-state index contributed by atoms with van der Waals surface area (Å²) in [4.78, 5) is 6.63. The Bertz CT molecular complexity index is 503. The van der Waals surface area contributed by atoms with Crippen LogP contribution < -0.4 is 0 Å². The lowest BCUT2D eigenvalue weighted by molar-refractivity contribution is 0.274. The minimum atomic E-state index is 0.910. The van der Waals surface area contributed by atoms with E-state index < -0.39 is 0 Å². The molecule has 4 heteroatoms. The van der Waals surface area contributed by atoms with E-state index in [0.29, 0.717) is 0 Å². The van der Waals surface area contributed by atoms with Gasteiger partial charge in [-0.25, -0.2) is 0 Å². The Morgan fingerprint density at radius 1 is 1.00 bits per heavy atom. The Kier molecular flexibility index (Phi) is 6.01. The second-order valence-electron chi connectivity index (χ2n) is 4.40. The van der Waals surface area contributed by atoms with E-state index in [1.165, 1.54) is 11.1 Å². The number of alkyl halides is 1. The van der Waals surface area contributed by atoms with E-state index in [-0.39, 0.29) is 0 Å². The molecule has 0 fully saturated rings. The van der Waals surface area contributed by atoms with Crippen molar-refractivity contribution in [3.63, 3.8) is 0 Å². The van der Waals surface area contributed by atoms with Crippen molar-refractivity contribution in [2.24, 2.45) is 0 Å². The largest absolute Gasteiger partial charge is 0.294 e. The number of nitrogens with zero attached hydrogens (tertiary/aromatic N) is 2. The van der Waals surface area contributed by atoms with Crippen molar-refractivity contribution in [2.45, 2.75) is 13.1 Å². The first-order valence-electron chi connectivity index (χ1n) is 6.19. The summed E-state index contributed by atoms with van der Waals surface area (Å²) < 4.78 is 1.03. The molecule has 0 aliphatic heterocycles. The van der Waals surface area contributed by atoms with Crippen LogP contribution in [0.25, 0.3) is 0 Å². The van der Waals surface area contributed by atoms with Crippen LogP contribution >= 0.6 is 31.9 Å². The molecule has 0 aliphatic rings. The first-order chi connectivity index (χ1) is 9.28. The van der Waals surface area contributed by atoms with Crippen LogP contribution in [-0.2, 0) is 13.1 Å². The molecule has 2 nitrogen and oxygen atoms in total. The lowest BCUT2D eigenvalue weighted by Crippen LogP contribution is -2.24. The summed E-state index contributed by atoms with van der Waals surface area (Å²) in [7, 11) is 0. The standard InChI is InChI=1S/C15H16Br2N2/c16-6-7-19(11-13-4-2-1-3-5-13)12-14-8-15(17)10-18-9-14/h1-5,8-10H,6-7,11-12H2. The number of rotatable bonds is 6. The van der Waals surface area contributed by atoms with Crippen LogP contribution in [0.4, 0.5) is 0 Å². The molecule has 0 N–H and O–H groups in total. The molecule has 0 saturated heterocycles. The third-order valence-corrected chi connectivity index (χ3v) is 3.61. The van der Waals surface area contributed by atoms with E-state index in [0.717, 1.165) is 29.4 Å². The maximum Gasteiger partial charge on any atom is 0.0410 e. The van der Waals surface area contributed by atoms with Gasteiger partial charge in [0.15, 0.2) is 0 Å². The summed E-state index contributed by atoms with van der Waals surface area (Å²) in [5.41, 5.74) is 2.57. The number of pyridine rings is 1. The zero-order chi connectivity index (χ0) is 13.5. The van der Waals surface area contributed by atoms with Crippen molar-refractivity contribution < 1.29 is 0 Å². The number of benzene rings is 1. The molecule has 0 bridgehead atoms. The van der Waals surface area contributed by atoms with Crippen molar-refractivity contribution in [3.8, 4) is 0 Å². The van der Waals surface area contributed by atoms with Gasteiger partial charge in [0.2, 0.25) is 0 Å². The average Bonchev–Trinajstić information content (AvgIpc) is 2.40. The van der Waals surface area contributed by atoms with Crippen LogP contribution in [0.1, 0.15) is 11.1 Å². The van der Waals surface area contributed by atoms with E-state index in [1.54, 1.807) is 0 Å². The van der Waals surface area contributed by atoms with E-state index >= 15 is 0 Å². The van der Waals surface area contributed by atoms with Crippen molar-refractivity contribution in [2.75, 3.05) is 11.9 Å². The first-order valence-corrected chi connectivity index (χ1v) is 8.11. The quantitative estimate of drug-likeness (QED) is 0.693. The summed E-state index contributed by atoms with van der Waals surface area (Å²) in [6.45, 7) is 2.88. The Morgan fingerprint density at radius 2 is 1.74 bits per heavy atom. The molecule has 1 aromatic carbocycles. The topological polar surface area (TPSA) is 16.1 Å². The molecule has 2 aromatic rings. The molecule has 1 heterocycles. The van der Waals surface area contributed by atoms with E-state index in [2.05, 4.69) is 78.1 Å². The van der Waals surface area contributed by atoms with Crippen LogP contribution in [0, 0.1) is 0 Å². The molecule has 100 valence electrons. The summed E-state index contributed by atoms with van der Waals surface area (Å²) in [6, 6.07) is 12.7. The number of aromatic nitrogens is 1. The van der Waals surface area contributed by atoms with Crippen LogP contribution in [0.15, 0.2) is 53.3 Å². The molecular weight excluding hydrogens is 368 g/mol. The van der Waals surface area contributed by atoms with Crippen LogP contribution in [-0.4, -0.2) is 21.8 Å². The van der Waals surface area contributed by atoms with Crippen LogP contribution in [0.2, 0.25) is 0 Å². The lowest BCUT2D eigenvalue weighted by atomic mass is 10.2. The van der Waals surface area contributed by atoms with Gasteiger partial charge in [-0.15, -0.1) is 0 Å². The molecule has 2 rings (SSSR count). The summed E-state index contributed by atoms with van der Waals surface area (Å²) in [5, 5.41) is 0.973. The van der Waals surface area contributed by atoms with Crippen LogP contribution in [0.5, 0.6) is 0 Å². The maximum atomic E-state index is 4.22. The van der Waals surface area contributed by atoms with Crippen molar-refractivity contribution >= 4 is 31.9 Å². The second-order valence-corrected chi connectivity index (χ2v) is 6.11. The summed E-state index contributed by atoms with van der Waals surface area (Å²) >= 11 is 6.99. The lowest BCUT2D eigenvalue weighted by Gasteiger charge is -2.21. The molecule has 0 spiro atoms. The monoisotopic (exact) mass is 382 g/mol. The third-order valence-electron chi connectivity index (χ3n) is 2.82. The maximum absolute atomic E-state index is 4.22. The number of hydrogen-bond acceptors (Lipinski definition) is 2. The highest BCUT2D eigenvalue weighted by Crippen LogP contribution is 2.13. The second kappa shape index (κ2) is 7.78. The van der Waals surface area contributed by atoms with Crippen molar-refractivity contribution in [3.05, 3.63) is 64.4 Å². The number of hydrogen-bond donors (Lipinski definition) is 0. The van der Waals surface area contributed by atoms with E-state index in [1.807, 2.05) is 12.4 Å².